The van der Waals surface area contributed by atoms with Crippen molar-refractivity contribution < 1.29 is 13.2 Å². The third-order valence-electron chi connectivity index (χ3n) is 3.76. The van der Waals surface area contributed by atoms with Crippen LogP contribution in [0, 0.1) is 0 Å². The van der Waals surface area contributed by atoms with Crippen LogP contribution in [0.2, 0.25) is 0 Å². The van der Waals surface area contributed by atoms with Gasteiger partial charge in [0.25, 0.3) is 0 Å². The van der Waals surface area contributed by atoms with Crippen molar-refractivity contribution in [2.75, 3.05) is 13.7 Å². The maximum absolute atomic E-state index is 12.9. The summed E-state index contributed by atoms with van der Waals surface area (Å²) in [5, 5.41) is 0. The number of benzene rings is 1. The number of nitrogens with zero attached hydrogens (tertiary/aromatic N) is 1. The summed E-state index contributed by atoms with van der Waals surface area (Å²) in [5.41, 5.74) is 0.776. The van der Waals surface area contributed by atoms with Gasteiger partial charge in [0.15, 0.2) is 0 Å². The molecule has 6 heteroatoms. The van der Waals surface area contributed by atoms with E-state index in [-0.39, 0.29) is 16.8 Å². The predicted molar refractivity (Wildman–Crippen MR) is 79.8 cm³/mol. The molecule has 112 valence electrons. The summed E-state index contributed by atoms with van der Waals surface area (Å²) in [4.78, 5) is 0.221. The fourth-order valence-electron chi connectivity index (χ4n) is 2.67. The van der Waals surface area contributed by atoms with Gasteiger partial charge < -0.3 is 4.74 Å². The van der Waals surface area contributed by atoms with E-state index in [4.69, 9.17) is 16.3 Å². The predicted octanol–water partition coefficient (Wildman–Crippen LogP) is 3.00. The Hall–Kier alpha value is -0.780. The van der Waals surface area contributed by atoms with E-state index in [9.17, 15) is 8.42 Å². The van der Waals surface area contributed by atoms with E-state index >= 15 is 0 Å². The van der Waals surface area contributed by atoms with Gasteiger partial charge in [-0.05, 0) is 37.0 Å². The van der Waals surface area contributed by atoms with Gasteiger partial charge in [-0.3, -0.25) is 0 Å². The Morgan fingerprint density at radius 1 is 1.45 bits per heavy atom. The van der Waals surface area contributed by atoms with E-state index in [1.54, 1.807) is 22.5 Å². The zero-order valence-corrected chi connectivity index (χ0v) is 13.4. The molecule has 0 bridgehead atoms. The summed E-state index contributed by atoms with van der Waals surface area (Å²) in [6, 6.07) is 5.16. The topological polar surface area (TPSA) is 46.6 Å². The van der Waals surface area contributed by atoms with Crippen LogP contribution in [-0.2, 0) is 15.9 Å². The lowest BCUT2D eigenvalue weighted by Gasteiger charge is -2.24. The van der Waals surface area contributed by atoms with Crippen LogP contribution in [0.3, 0.4) is 0 Å². The van der Waals surface area contributed by atoms with Crippen molar-refractivity contribution in [1.82, 2.24) is 4.31 Å². The summed E-state index contributed by atoms with van der Waals surface area (Å²) in [5.74, 6) is 0.657. The van der Waals surface area contributed by atoms with Crippen molar-refractivity contribution >= 4 is 21.6 Å². The number of hydrogen-bond donors (Lipinski definition) is 0. The molecule has 0 radical (unpaired) electrons. The van der Waals surface area contributed by atoms with Crippen molar-refractivity contribution in [3.05, 3.63) is 23.8 Å². The van der Waals surface area contributed by atoms with E-state index in [2.05, 4.69) is 0 Å². The molecule has 1 aliphatic rings. The minimum Gasteiger partial charge on any atom is -0.495 e. The van der Waals surface area contributed by atoms with Crippen LogP contribution in [0.1, 0.15) is 31.7 Å². The average Bonchev–Trinajstić information content (AvgIpc) is 2.95. The van der Waals surface area contributed by atoms with Gasteiger partial charge in [0, 0.05) is 18.5 Å². The zero-order valence-electron chi connectivity index (χ0n) is 11.8. The highest BCUT2D eigenvalue weighted by Crippen LogP contribution is 2.33. The van der Waals surface area contributed by atoms with Crippen LogP contribution >= 0.6 is 11.6 Å². The Morgan fingerprint density at radius 2 is 2.20 bits per heavy atom. The first-order valence-corrected chi connectivity index (χ1v) is 8.76. The molecular formula is C14H20ClNO3S. The van der Waals surface area contributed by atoms with Crippen molar-refractivity contribution in [2.45, 2.75) is 43.0 Å². The van der Waals surface area contributed by atoms with Gasteiger partial charge in [-0.1, -0.05) is 13.0 Å². The minimum atomic E-state index is -3.53. The summed E-state index contributed by atoms with van der Waals surface area (Å²) in [6.07, 6.45) is 2.67. The first kappa shape index (κ1) is 15.6. The fourth-order valence-corrected chi connectivity index (χ4v) is 4.81. The lowest BCUT2D eigenvalue weighted by molar-refractivity contribution is 0.370. The van der Waals surface area contributed by atoms with Gasteiger partial charge in [0.2, 0.25) is 10.0 Å². The molecule has 0 aromatic heterocycles. The maximum atomic E-state index is 12.9. The second-order valence-corrected chi connectivity index (χ2v) is 7.07. The highest BCUT2D eigenvalue weighted by Gasteiger charge is 2.35. The van der Waals surface area contributed by atoms with Gasteiger partial charge in [0.05, 0.1) is 7.11 Å². The van der Waals surface area contributed by atoms with E-state index in [0.29, 0.717) is 12.3 Å². The van der Waals surface area contributed by atoms with Gasteiger partial charge in [-0.2, -0.15) is 4.31 Å². The third-order valence-corrected chi connectivity index (χ3v) is 6.04. The molecule has 1 heterocycles. The van der Waals surface area contributed by atoms with Gasteiger partial charge in [-0.25, -0.2) is 8.42 Å². The summed E-state index contributed by atoms with van der Waals surface area (Å²) in [6.45, 7) is 2.60. The van der Waals surface area contributed by atoms with Crippen LogP contribution in [0.15, 0.2) is 23.1 Å². The molecule has 0 aliphatic carbocycles. The summed E-state index contributed by atoms with van der Waals surface area (Å²) >= 11 is 5.81. The number of halogens is 1. The molecule has 1 aliphatic heterocycles. The molecule has 4 nitrogen and oxygen atoms in total. The van der Waals surface area contributed by atoms with Crippen molar-refractivity contribution in [3.63, 3.8) is 0 Å². The van der Waals surface area contributed by atoms with E-state index in [1.165, 1.54) is 7.11 Å². The highest BCUT2D eigenvalue weighted by molar-refractivity contribution is 7.89. The standard InChI is InChI=1S/C14H20ClNO3S/c1-3-12-5-4-8-16(12)20(17,18)14-9-11(10-15)6-7-13(14)19-2/h6-7,9,12H,3-5,8,10H2,1-2H3. The number of ether oxygens (including phenoxy) is 1. The zero-order chi connectivity index (χ0) is 14.8. The van der Waals surface area contributed by atoms with E-state index in [1.807, 2.05) is 6.92 Å². The van der Waals surface area contributed by atoms with Crippen LogP contribution in [0.5, 0.6) is 5.75 Å². The molecular weight excluding hydrogens is 298 g/mol. The first-order valence-electron chi connectivity index (χ1n) is 6.79. The molecule has 1 unspecified atom stereocenters. The molecule has 1 aromatic rings. The SMILES string of the molecule is CCC1CCCN1S(=O)(=O)c1cc(CCl)ccc1OC. The molecule has 1 fully saturated rings. The third kappa shape index (κ3) is 2.80. The maximum Gasteiger partial charge on any atom is 0.247 e. The Labute approximate surface area is 125 Å². The Morgan fingerprint density at radius 3 is 2.80 bits per heavy atom. The average molecular weight is 318 g/mol. The smallest absolute Gasteiger partial charge is 0.247 e. The Balaban J connectivity index is 2.47. The van der Waals surface area contributed by atoms with Crippen molar-refractivity contribution in [2.24, 2.45) is 0 Å². The highest BCUT2D eigenvalue weighted by atomic mass is 35.5. The van der Waals surface area contributed by atoms with E-state index < -0.39 is 10.0 Å². The van der Waals surface area contributed by atoms with Crippen LogP contribution in [0.25, 0.3) is 0 Å². The lowest BCUT2D eigenvalue weighted by Crippen LogP contribution is -2.35. The van der Waals surface area contributed by atoms with Gasteiger partial charge >= 0.3 is 0 Å². The number of methoxy groups -OCH3 is 1. The second kappa shape index (κ2) is 6.33. The molecule has 1 saturated heterocycles. The monoisotopic (exact) mass is 317 g/mol. The molecule has 0 amide bonds. The number of sulfonamides is 1. The van der Waals surface area contributed by atoms with Crippen LogP contribution in [0.4, 0.5) is 0 Å². The van der Waals surface area contributed by atoms with Crippen molar-refractivity contribution in [3.8, 4) is 5.75 Å². The van der Waals surface area contributed by atoms with Crippen molar-refractivity contribution in [1.29, 1.82) is 0 Å². The minimum absolute atomic E-state index is 0.0874. The molecule has 0 N–H and O–H groups in total. The Bertz CT molecular complexity index is 574. The number of alkyl halides is 1. The number of hydrogen-bond acceptors (Lipinski definition) is 3. The van der Waals surface area contributed by atoms with Crippen LogP contribution in [-0.4, -0.2) is 32.4 Å². The normalized spacial score (nSPS) is 20.2. The summed E-state index contributed by atoms with van der Waals surface area (Å²) < 4.78 is 32.5. The molecule has 1 aromatic carbocycles. The first-order chi connectivity index (χ1) is 9.54. The molecule has 2 rings (SSSR count). The molecule has 1 atom stereocenters. The quantitative estimate of drug-likeness (QED) is 0.784. The molecule has 20 heavy (non-hydrogen) atoms. The largest absolute Gasteiger partial charge is 0.495 e. The number of rotatable bonds is 5. The van der Waals surface area contributed by atoms with Gasteiger partial charge in [0.1, 0.15) is 10.6 Å². The fraction of sp³-hybridized carbons (Fsp3) is 0.571. The lowest BCUT2D eigenvalue weighted by atomic mass is 10.2. The van der Waals surface area contributed by atoms with Crippen LogP contribution < -0.4 is 4.74 Å². The second-order valence-electron chi connectivity index (χ2n) is 4.94. The van der Waals surface area contributed by atoms with Gasteiger partial charge in [-0.15, -0.1) is 11.6 Å². The summed E-state index contributed by atoms with van der Waals surface area (Å²) in [7, 11) is -2.04. The molecule has 0 spiro atoms. The Kier molecular flexibility index (Phi) is 4.94. The van der Waals surface area contributed by atoms with E-state index in [0.717, 1.165) is 24.8 Å². The molecule has 0 saturated carbocycles.